The van der Waals surface area contributed by atoms with E-state index in [1.807, 2.05) is 67.6 Å². The summed E-state index contributed by atoms with van der Waals surface area (Å²) in [6, 6.07) is 20.1. The van der Waals surface area contributed by atoms with Gasteiger partial charge in [0.1, 0.15) is 5.41 Å². The Labute approximate surface area is 127 Å². The summed E-state index contributed by atoms with van der Waals surface area (Å²) < 4.78 is 0. The fourth-order valence-corrected chi connectivity index (χ4v) is 3.06. The van der Waals surface area contributed by atoms with Gasteiger partial charge in [-0.05, 0) is 24.0 Å². The van der Waals surface area contributed by atoms with Crippen molar-refractivity contribution in [3.8, 4) is 0 Å². The lowest BCUT2D eigenvalue weighted by molar-refractivity contribution is -0.126. The molecule has 0 aliphatic rings. The number of nitrogens with one attached hydrogen (secondary N) is 1. The molecule has 1 N–H and O–H groups in total. The van der Waals surface area contributed by atoms with Gasteiger partial charge in [0.15, 0.2) is 0 Å². The van der Waals surface area contributed by atoms with Crippen LogP contribution in [0, 0.1) is 5.92 Å². The number of carbonyl (C=O) groups is 1. The van der Waals surface area contributed by atoms with Crippen LogP contribution in [0.2, 0.25) is 0 Å². The highest BCUT2D eigenvalue weighted by atomic mass is 16.2. The SMILES string of the molecule is CCNC(=O)C(c1ccccc1)(c1ccccc1)C(C)C. The minimum absolute atomic E-state index is 0.0670. The molecule has 0 spiro atoms. The first-order valence-electron chi connectivity index (χ1n) is 7.53. The fourth-order valence-electron chi connectivity index (χ4n) is 3.06. The highest BCUT2D eigenvalue weighted by molar-refractivity contribution is 5.92. The molecule has 1 amide bonds. The van der Waals surface area contributed by atoms with E-state index in [0.29, 0.717) is 6.54 Å². The number of amides is 1. The zero-order valence-corrected chi connectivity index (χ0v) is 13.0. The molecule has 0 saturated heterocycles. The van der Waals surface area contributed by atoms with E-state index in [-0.39, 0.29) is 11.8 Å². The van der Waals surface area contributed by atoms with Crippen molar-refractivity contribution in [2.24, 2.45) is 5.92 Å². The van der Waals surface area contributed by atoms with Crippen molar-refractivity contribution in [1.29, 1.82) is 0 Å². The Kier molecular flexibility index (Phi) is 4.79. The zero-order valence-electron chi connectivity index (χ0n) is 13.0. The Hall–Kier alpha value is -2.09. The molecule has 2 aromatic carbocycles. The summed E-state index contributed by atoms with van der Waals surface area (Å²) in [6.45, 7) is 6.80. The summed E-state index contributed by atoms with van der Waals surface area (Å²) in [5.41, 5.74) is 1.42. The molecule has 21 heavy (non-hydrogen) atoms. The van der Waals surface area contributed by atoms with E-state index in [1.54, 1.807) is 0 Å². The average molecular weight is 281 g/mol. The maximum atomic E-state index is 13.0. The number of rotatable bonds is 5. The van der Waals surface area contributed by atoms with Gasteiger partial charge >= 0.3 is 0 Å². The van der Waals surface area contributed by atoms with Crippen molar-refractivity contribution in [1.82, 2.24) is 5.32 Å². The maximum absolute atomic E-state index is 13.0. The molecule has 2 heteroatoms. The van der Waals surface area contributed by atoms with Gasteiger partial charge in [0.05, 0.1) is 0 Å². The van der Waals surface area contributed by atoms with Crippen LogP contribution < -0.4 is 5.32 Å². The molecule has 110 valence electrons. The molecule has 0 fully saturated rings. The molecule has 0 aromatic heterocycles. The standard InChI is InChI=1S/C19H23NO/c1-4-20-18(21)19(15(2)3,16-11-7-5-8-12-16)17-13-9-6-10-14-17/h5-15H,4H2,1-3H3,(H,20,21). The van der Waals surface area contributed by atoms with Gasteiger partial charge in [-0.3, -0.25) is 4.79 Å². The van der Waals surface area contributed by atoms with Crippen molar-refractivity contribution in [2.45, 2.75) is 26.2 Å². The maximum Gasteiger partial charge on any atom is 0.235 e. The second kappa shape index (κ2) is 6.57. The largest absolute Gasteiger partial charge is 0.355 e. The minimum Gasteiger partial charge on any atom is -0.355 e. The third kappa shape index (κ3) is 2.71. The third-order valence-corrected chi connectivity index (χ3v) is 4.02. The summed E-state index contributed by atoms with van der Waals surface area (Å²) in [5.74, 6) is 0.214. The lowest BCUT2D eigenvalue weighted by Gasteiger charge is -2.37. The Morgan fingerprint density at radius 1 is 0.952 bits per heavy atom. The normalized spacial score (nSPS) is 11.4. The molecule has 0 aliphatic carbocycles. The van der Waals surface area contributed by atoms with Crippen LogP contribution in [0.1, 0.15) is 31.9 Å². The second-order valence-corrected chi connectivity index (χ2v) is 5.55. The van der Waals surface area contributed by atoms with E-state index in [1.165, 1.54) is 0 Å². The van der Waals surface area contributed by atoms with E-state index < -0.39 is 5.41 Å². The van der Waals surface area contributed by atoms with E-state index in [4.69, 9.17) is 0 Å². The van der Waals surface area contributed by atoms with Crippen LogP contribution in [0.3, 0.4) is 0 Å². The monoisotopic (exact) mass is 281 g/mol. The van der Waals surface area contributed by atoms with Gasteiger partial charge in [0.2, 0.25) is 5.91 Å². The van der Waals surface area contributed by atoms with Crippen LogP contribution >= 0.6 is 0 Å². The van der Waals surface area contributed by atoms with Gasteiger partial charge in [-0.25, -0.2) is 0 Å². The smallest absolute Gasteiger partial charge is 0.235 e. The summed E-state index contributed by atoms with van der Waals surface area (Å²) in [7, 11) is 0. The summed E-state index contributed by atoms with van der Waals surface area (Å²) >= 11 is 0. The van der Waals surface area contributed by atoms with Crippen LogP contribution in [-0.2, 0) is 10.2 Å². The molecular formula is C19H23NO. The Morgan fingerprint density at radius 2 is 1.38 bits per heavy atom. The molecule has 0 heterocycles. The van der Waals surface area contributed by atoms with Crippen molar-refractivity contribution < 1.29 is 4.79 Å². The molecule has 0 saturated carbocycles. The first-order chi connectivity index (χ1) is 10.1. The van der Waals surface area contributed by atoms with Gasteiger partial charge in [0.25, 0.3) is 0 Å². The average Bonchev–Trinajstić information content (AvgIpc) is 2.50. The van der Waals surface area contributed by atoms with Crippen LogP contribution in [0.15, 0.2) is 60.7 Å². The molecule has 0 atom stereocenters. The quantitative estimate of drug-likeness (QED) is 0.888. The van der Waals surface area contributed by atoms with Gasteiger partial charge in [-0.15, -0.1) is 0 Å². The van der Waals surface area contributed by atoms with Crippen molar-refractivity contribution in [3.05, 3.63) is 71.8 Å². The second-order valence-electron chi connectivity index (χ2n) is 5.55. The van der Waals surface area contributed by atoms with Crippen LogP contribution in [0.25, 0.3) is 0 Å². The lowest BCUT2D eigenvalue weighted by Crippen LogP contribution is -2.49. The van der Waals surface area contributed by atoms with Crippen molar-refractivity contribution in [3.63, 3.8) is 0 Å². The van der Waals surface area contributed by atoms with Gasteiger partial charge < -0.3 is 5.32 Å². The van der Waals surface area contributed by atoms with Gasteiger partial charge in [-0.1, -0.05) is 74.5 Å². The van der Waals surface area contributed by atoms with E-state index in [9.17, 15) is 4.79 Å². The third-order valence-electron chi connectivity index (χ3n) is 4.02. The van der Waals surface area contributed by atoms with Gasteiger partial charge in [-0.2, -0.15) is 0 Å². The molecular weight excluding hydrogens is 258 g/mol. The number of carbonyl (C=O) groups excluding carboxylic acids is 1. The van der Waals surface area contributed by atoms with E-state index in [2.05, 4.69) is 19.2 Å². The molecule has 0 aliphatic heterocycles. The van der Waals surface area contributed by atoms with E-state index in [0.717, 1.165) is 11.1 Å². The number of likely N-dealkylation sites (N-methyl/N-ethyl adjacent to an activating group) is 1. The molecule has 0 bridgehead atoms. The molecule has 0 unspecified atom stereocenters. The topological polar surface area (TPSA) is 29.1 Å². The molecule has 2 aromatic rings. The number of hydrogen-bond acceptors (Lipinski definition) is 1. The van der Waals surface area contributed by atoms with Crippen LogP contribution in [0.4, 0.5) is 0 Å². The first-order valence-corrected chi connectivity index (χ1v) is 7.53. The Balaban J connectivity index is 2.70. The van der Waals surface area contributed by atoms with Crippen LogP contribution in [-0.4, -0.2) is 12.5 Å². The minimum atomic E-state index is -0.654. The van der Waals surface area contributed by atoms with Crippen molar-refractivity contribution >= 4 is 5.91 Å². The number of benzene rings is 2. The highest BCUT2D eigenvalue weighted by Crippen LogP contribution is 2.39. The predicted octanol–water partition coefficient (Wildman–Crippen LogP) is 3.76. The lowest BCUT2D eigenvalue weighted by atomic mass is 9.66. The Morgan fingerprint density at radius 3 is 1.71 bits per heavy atom. The molecule has 2 nitrogen and oxygen atoms in total. The molecule has 2 rings (SSSR count). The summed E-state index contributed by atoms with van der Waals surface area (Å²) in [4.78, 5) is 13.0. The predicted molar refractivity (Wildman–Crippen MR) is 87.2 cm³/mol. The zero-order chi connectivity index (χ0) is 15.3. The van der Waals surface area contributed by atoms with Crippen LogP contribution in [0.5, 0.6) is 0 Å². The Bertz CT molecular complexity index is 536. The summed E-state index contributed by atoms with van der Waals surface area (Å²) in [6.07, 6.45) is 0. The number of hydrogen-bond donors (Lipinski definition) is 1. The summed E-state index contributed by atoms with van der Waals surface area (Å²) in [5, 5.41) is 3.03. The highest BCUT2D eigenvalue weighted by Gasteiger charge is 2.44. The van der Waals surface area contributed by atoms with E-state index >= 15 is 0 Å². The first kappa shape index (κ1) is 15.3. The molecule has 0 radical (unpaired) electrons. The van der Waals surface area contributed by atoms with Gasteiger partial charge in [0, 0.05) is 6.54 Å². The fraction of sp³-hybridized carbons (Fsp3) is 0.316. The van der Waals surface area contributed by atoms with Crippen molar-refractivity contribution in [2.75, 3.05) is 6.54 Å².